The van der Waals surface area contributed by atoms with E-state index in [0.29, 0.717) is 0 Å². The summed E-state index contributed by atoms with van der Waals surface area (Å²) in [5.74, 6) is 0.0877. The zero-order valence-corrected chi connectivity index (χ0v) is 15.0. The molecule has 0 fully saturated rings. The van der Waals surface area contributed by atoms with E-state index < -0.39 is 0 Å². The van der Waals surface area contributed by atoms with Crippen molar-refractivity contribution >= 4 is 5.78 Å². The molecule has 1 rings (SSSR count). The maximum absolute atomic E-state index is 11.0. The maximum atomic E-state index is 11.0. The zero-order valence-electron chi connectivity index (χ0n) is 15.0. The third-order valence-corrected chi connectivity index (χ3v) is 4.20. The van der Waals surface area contributed by atoms with Gasteiger partial charge in [0.1, 0.15) is 0 Å². The number of carbonyl (C=O) groups excluding carboxylic acids is 1. The van der Waals surface area contributed by atoms with Crippen LogP contribution in [-0.2, 0) is 4.79 Å². The van der Waals surface area contributed by atoms with Crippen molar-refractivity contribution in [1.29, 1.82) is 0 Å². The van der Waals surface area contributed by atoms with Crippen molar-refractivity contribution in [2.75, 3.05) is 0 Å². The summed E-state index contributed by atoms with van der Waals surface area (Å²) in [5.41, 5.74) is 5.50. The van der Waals surface area contributed by atoms with Gasteiger partial charge in [0.05, 0.1) is 0 Å². The minimum Gasteiger partial charge on any atom is -0.295 e. The minimum atomic E-state index is 0.0877. The first-order valence-corrected chi connectivity index (χ1v) is 8.14. The fraction of sp³-hybridized carbons (Fsp3) is 0.476. The molecule has 0 heterocycles. The van der Waals surface area contributed by atoms with E-state index in [1.807, 2.05) is 19.1 Å². The molecule has 0 aromatic heterocycles. The number of carbonyl (C=O) groups is 1. The van der Waals surface area contributed by atoms with Crippen LogP contribution in [0.4, 0.5) is 0 Å². The third kappa shape index (κ3) is 6.01. The Balaban J connectivity index is 2.79. The van der Waals surface area contributed by atoms with E-state index >= 15 is 0 Å². The van der Waals surface area contributed by atoms with Crippen LogP contribution in [0.5, 0.6) is 0 Å². The van der Waals surface area contributed by atoms with Crippen molar-refractivity contribution in [3.8, 4) is 0 Å². The van der Waals surface area contributed by atoms with E-state index in [-0.39, 0.29) is 11.2 Å². The van der Waals surface area contributed by atoms with Crippen molar-refractivity contribution in [2.24, 2.45) is 5.41 Å². The zero-order chi connectivity index (χ0) is 16.8. The second-order valence-electron chi connectivity index (χ2n) is 7.03. The largest absolute Gasteiger partial charge is 0.295 e. The number of hydrogen-bond acceptors (Lipinski definition) is 1. The summed E-state index contributed by atoms with van der Waals surface area (Å²) < 4.78 is 0. The Morgan fingerprint density at radius 2 is 1.77 bits per heavy atom. The maximum Gasteiger partial charge on any atom is 0.152 e. The second-order valence-corrected chi connectivity index (χ2v) is 7.03. The Morgan fingerprint density at radius 3 is 2.36 bits per heavy atom. The molecule has 0 radical (unpaired) electrons. The van der Waals surface area contributed by atoms with Crippen LogP contribution in [0.15, 0.2) is 58.7 Å². The molecule has 1 aliphatic carbocycles. The molecule has 0 aromatic carbocycles. The highest BCUT2D eigenvalue weighted by Crippen LogP contribution is 2.40. The van der Waals surface area contributed by atoms with Gasteiger partial charge in [-0.25, -0.2) is 0 Å². The standard InChI is InChI=1S/C21H30O/c1-16(9-7-10-17(2)15-19(4)22)12-13-20-18(3)11-8-14-21(20,5)6/h7,9-10,12-13,15H,8,11,14H2,1-6H3/b10-7+,13-12+,16-9-,17-15+. The summed E-state index contributed by atoms with van der Waals surface area (Å²) in [4.78, 5) is 11.0. The van der Waals surface area contributed by atoms with Crippen molar-refractivity contribution in [1.82, 2.24) is 0 Å². The first-order valence-electron chi connectivity index (χ1n) is 8.14. The molecule has 0 saturated heterocycles. The van der Waals surface area contributed by atoms with Crippen LogP contribution in [0.2, 0.25) is 0 Å². The van der Waals surface area contributed by atoms with Gasteiger partial charge in [-0.1, -0.05) is 55.4 Å². The van der Waals surface area contributed by atoms with Gasteiger partial charge in [-0.15, -0.1) is 0 Å². The van der Waals surface area contributed by atoms with E-state index in [9.17, 15) is 4.79 Å². The van der Waals surface area contributed by atoms with Gasteiger partial charge in [-0.05, 0) is 69.6 Å². The van der Waals surface area contributed by atoms with Crippen LogP contribution in [0.25, 0.3) is 0 Å². The average molecular weight is 298 g/mol. The molecule has 120 valence electrons. The molecule has 0 bridgehead atoms. The Morgan fingerprint density at radius 1 is 1.09 bits per heavy atom. The van der Waals surface area contributed by atoms with Gasteiger partial charge in [-0.2, -0.15) is 0 Å². The molecule has 0 saturated carbocycles. The highest BCUT2D eigenvalue weighted by molar-refractivity contribution is 5.88. The minimum absolute atomic E-state index is 0.0877. The predicted molar refractivity (Wildman–Crippen MR) is 96.8 cm³/mol. The van der Waals surface area contributed by atoms with Gasteiger partial charge in [0, 0.05) is 0 Å². The van der Waals surface area contributed by atoms with Gasteiger partial charge in [0.15, 0.2) is 5.78 Å². The SMILES string of the molecule is CC(=O)/C=C(C)/C=C/C=C(C)\C=C\C1=C(C)CCCC1(C)C. The number of ketones is 1. The fourth-order valence-electron chi connectivity index (χ4n) is 3.00. The lowest BCUT2D eigenvalue weighted by Crippen LogP contribution is -2.19. The Bertz CT molecular complexity index is 563. The van der Waals surface area contributed by atoms with Crippen LogP contribution in [0, 0.1) is 5.41 Å². The topological polar surface area (TPSA) is 17.1 Å². The Hall–Kier alpha value is -1.63. The van der Waals surface area contributed by atoms with E-state index in [1.54, 1.807) is 13.0 Å². The molecule has 0 spiro atoms. The summed E-state index contributed by atoms with van der Waals surface area (Å²) in [6, 6.07) is 0. The summed E-state index contributed by atoms with van der Waals surface area (Å²) in [6.07, 6.45) is 16.0. The van der Waals surface area contributed by atoms with Crippen LogP contribution < -0.4 is 0 Å². The molecule has 0 aliphatic heterocycles. The summed E-state index contributed by atoms with van der Waals surface area (Å²) in [7, 11) is 0. The molecule has 0 amide bonds. The lowest BCUT2D eigenvalue weighted by Gasteiger charge is -2.32. The highest BCUT2D eigenvalue weighted by Gasteiger charge is 2.26. The van der Waals surface area contributed by atoms with E-state index in [2.05, 4.69) is 45.9 Å². The lowest BCUT2D eigenvalue weighted by atomic mass is 9.72. The molecule has 0 atom stereocenters. The molecular weight excluding hydrogens is 268 g/mol. The van der Waals surface area contributed by atoms with Crippen LogP contribution >= 0.6 is 0 Å². The number of rotatable bonds is 5. The van der Waals surface area contributed by atoms with Gasteiger partial charge in [-0.3, -0.25) is 4.79 Å². The quantitative estimate of drug-likeness (QED) is 0.442. The van der Waals surface area contributed by atoms with Crippen molar-refractivity contribution < 1.29 is 4.79 Å². The van der Waals surface area contributed by atoms with E-state index in [0.717, 1.165) is 5.57 Å². The van der Waals surface area contributed by atoms with Crippen molar-refractivity contribution in [3.05, 3.63) is 58.7 Å². The van der Waals surface area contributed by atoms with Gasteiger partial charge < -0.3 is 0 Å². The third-order valence-electron chi connectivity index (χ3n) is 4.20. The molecule has 1 heteroatoms. The van der Waals surface area contributed by atoms with Crippen LogP contribution in [0.3, 0.4) is 0 Å². The molecular formula is C21H30O. The summed E-state index contributed by atoms with van der Waals surface area (Å²) >= 11 is 0. The Kier molecular flexibility index (Phi) is 6.80. The Labute approximate surface area is 136 Å². The van der Waals surface area contributed by atoms with Crippen LogP contribution in [0.1, 0.15) is 60.8 Å². The predicted octanol–water partition coefficient (Wildman–Crippen LogP) is 6.11. The molecule has 22 heavy (non-hydrogen) atoms. The second kappa shape index (κ2) is 8.12. The van der Waals surface area contributed by atoms with Crippen molar-refractivity contribution in [2.45, 2.75) is 60.8 Å². The van der Waals surface area contributed by atoms with Crippen LogP contribution in [-0.4, -0.2) is 5.78 Å². The first-order chi connectivity index (χ1) is 10.2. The first kappa shape index (κ1) is 18.4. The molecule has 1 nitrogen and oxygen atoms in total. The fourth-order valence-corrected chi connectivity index (χ4v) is 3.00. The molecule has 1 aliphatic rings. The lowest BCUT2D eigenvalue weighted by molar-refractivity contribution is -0.112. The monoisotopic (exact) mass is 298 g/mol. The van der Waals surface area contributed by atoms with Gasteiger partial charge in [0.2, 0.25) is 0 Å². The van der Waals surface area contributed by atoms with E-state index in [1.165, 1.54) is 36.0 Å². The normalized spacial score (nSPS) is 20.3. The van der Waals surface area contributed by atoms with Gasteiger partial charge in [0.25, 0.3) is 0 Å². The molecule has 0 N–H and O–H groups in total. The smallest absolute Gasteiger partial charge is 0.152 e. The van der Waals surface area contributed by atoms with E-state index in [4.69, 9.17) is 0 Å². The highest BCUT2D eigenvalue weighted by atomic mass is 16.1. The molecule has 0 aromatic rings. The van der Waals surface area contributed by atoms with Crippen molar-refractivity contribution in [3.63, 3.8) is 0 Å². The van der Waals surface area contributed by atoms with Gasteiger partial charge >= 0.3 is 0 Å². The summed E-state index contributed by atoms with van der Waals surface area (Å²) in [5, 5.41) is 0. The number of allylic oxidation sites excluding steroid dienone is 10. The number of hydrogen-bond donors (Lipinski definition) is 0. The average Bonchev–Trinajstić information content (AvgIpc) is 2.36. The molecule has 0 unspecified atom stereocenters. The summed E-state index contributed by atoms with van der Waals surface area (Å²) in [6.45, 7) is 12.6.